The largest absolute Gasteiger partial charge is 0.478 e. The van der Waals surface area contributed by atoms with Gasteiger partial charge < -0.3 is 10.4 Å². The predicted octanol–water partition coefficient (Wildman–Crippen LogP) is -0.202. The Kier molecular flexibility index (Phi) is 4.62. The Morgan fingerprint density at radius 3 is 2.47 bits per heavy atom. The zero-order valence-electron chi connectivity index (χ0n) is 10.4. The van der Waals surface area contributed by atoms with Crippen LogP contribution in [0.25, 0.3) is 0 Å². The van der Waals surface area contributed by atoms with Gasteiger partial charge in [0.1, 0.15) is 0 Å². The Hall–Kier alpha value is -1.93. The number of carbonyl (C=O) groups excluding carboxylic acids is 1. The highest BCUT2D eigenvalue weighted by molar-refractivity contribution is 7.89. The summed E-state index contributed by atoms with van der Waals surface area (Å²) in [4.78, 5) is 21.8. The van der Waals surface area contributed by atoms with E-state index in [1.165, 1.54) is 32.2 Å². The molecule has 3 N–H and O–H groups in total. The number of sulfonamides is 1. The summed E-state index contributed by atoms with van der Waals surface area (Å²) in [5.41, 5.74) is -0.143. The molecule has 0 fully saturated rings. The second-order valence-corrected chi connectivity index (χ2v) is 5.50. The van der Waals surface area contributed by atoms with E-state index in [4.69, 9.17) is 5.11 Å². The summed E-state index contributed by atoms with van der Waals surface area (Å²) in [7, 11) is -2.56. The molecule has 0 aliphatic carbocycles. The van der Waals surface area contributed by atoms with E-state index in [1.54, 1.807) is 0 Å². The van der Waals surface area contributed by atoms with Crippen LogP contribution in [0.2, 0.25) is 0 Å². The fraction of sp³-hybridized carbons (Fsp3) is 0.273. The van der Waals surface area contributed by atoms with Crippen molar-refractivity contribution in [3.63, 3.8) is 0 Å². The van der Waals surface area contributed by atoms with Gasteiger partial charge >= 0.3 is 5.97 Å². The lowest BCUT2D eigenvalue weighted by atomic mass is 10.2. The molecule has 0 aliphatic rings. The first-order valence-electron chi connectivity index (χ1n) is 5.35. The van der Waals surface area contributed by atoms with Crippen LogP contribution in [0.1, 0.15) is 17.3 Å². The van der Waals surface area contributed by atoms with Gasteiger partial charge in [0.15, 0.2) is 0 Å². The van der Waals surface area contributed by atoms with Gasteiger partial charge in [-0.2, -0.15) is 4.72 Å². The van der Waals surface area contributed by atoms with E-state index < -0.39 is 27.9 Å². The van der Waals surface area contributed by atoms with Crippen molar-refractivity contribution in [2.75, 3.05) is 7.05 Å². The molecule has 0 aromatic heterocycles. The van der Waals surface area contributed by atoms with Gasteiger partial charge in [-0.15, -0.1) is 0 Å². The Bertz CT molecular complexity index is 597. The van der Waals surface area contributed by atoms with E-state index in [9.17, 15) is 18.0 Å². The molecule has 1 amide bonds. The monoisotopic (exact) mass is 286 g/mol. The third kappa shape index (κ3) is 3.76. The third-order valence-electron chi connectivity index (χ3n) is 2.36. The summed E-state index contributed by atoms with van der Waals surface area (Å²) in [5.74, 6) is -1.71. The Morgan fingerprint density at radius 1 is 1.32 bits per heavy atom. The molecule has 0 spiro atoms. The van der Waals surface area contributed by atoms with Crippen molar-refractivity contribution >= 4 is 21.9 Å². The van der Waals surface area contributed by atoms with Crippen molar-refractivity contribution in [3.05, 3.63) is 29.8 Å². The zero-order valence-corrected chi connectivity index (χ0v) is 11.2. The number of hydrogen-bond donors (Lipinski definition) is 3. The highest BCUT2D eigenvalue weighted by atomic mass is 32.2. The topological polar surface area (TPSA) is 113 Å². The van der Waals surface area contributed by atoms with Crippen LogP contribution < -0.4 is 10.0 Å². The molecular weight excluding hydrogens is 272 g/mol. The van der Waals surface area contributed by atoms with E-state index in [2.05, 4.69) is 10.0 Å². The molecule has 0 saturated heterocycles. The molecular formula is C11H14N2O5S. The van der Waals surface area contributed by atoms with E-state index in [-0.39, 0.29) is 10.5 Å². The van der Waals surface area contributed by atoms with Crippen LogP contribution in [0, 0.1) is 0 Å². The number of hydrogen-bond acceptors (Lipinski definition) is 4. The summed E-state index contributed by atoms with van der Waals surface area (Å²) in [5, 5.41) is 11.1. The van der Waals surface area contributed by atoms with Gasteiger partial charge in [-0.25, -0.2) is 13.2 Å². The SMILES string of the molecule is CNC(=O)C(C)NS(=O)(=O)c1cccc(C(=O)O)c1. The standard InChI is InChI=1S/C11H14N2O5S/c1-7(10(14)12-2)13-19(17,18)9-5-3-4-8(6-9)11(15)16/h3-7,13H,1-2H3,(H,12,14)(H,15,16). The number of rotatable bonds is 5. The fourth-order valence-electron chi connectivity index (χ4n) is 1.37. The minimum Gasteiger partial charge on any atom is -0.478 e. The maximum Gasteiger partial charge on any atom is 0.335 e. The van der Waals surface area contributed by atoms with Crippen LogP contribution in [-0.4, -0.2) is 38.5 Å². The normalized spacial score (nSPS) is 12.7. The minimum absolute atomic E-state index is 0.143. The molecule has 1 aromatic rings. The number of carbonyl (C=O) groups is 2. The van der Waals surface area contributed by atoms with E-state index in [0.717, 1.165) is 6.07 Å². The van der Waals surface area contributed by atoms with Crippen LogP contribution in [-0.2, 0) is 14.8 Å². The maximum atomic E-state index is 12.0. The van der Waals surface area contributed by atoms with Gasteiger partial charge in [-0.1, -0.05) is 6.07 Å². The van der Waals surface area contributed by atoms with Crippen molar-refractivity contribution in [2.45, 2.75) is 17.9 Å². The van der Waals surface area contributed by atoms with Gasteiger partial charge in [0.25, 0.3) is 0 Å². The number of carboxylic acids is 1. The van der Waals surface area contributed by atoms with Gasteiger partial charge in [0.2, 0.25) is 15.9 Å². The molecule has 0 saturated carbocycles. The summed E-state index contributed by atoms with van der Waals surface area (Å²) >= 11 is 0. The average Bonchev–Trinajstić information content (AvgIpc) is 2.37. The molecule has 1 aromatic carbocycles. The quantitative estimate of drug-likeness (QED) is 0.693. The van der Waals surface area contributed by atoms with E-state index in [0.29, 0.717) is 0 Å². The molecule has 1 unspecified atom stereocenters. The Morgan fingerprint density at radius 2 is 1.95 bits per heavy atom. The molecule has 0 heterocycles. The molecule has 7 nitrogen and oxygen atoms in total. The van der Waals surface area contributed by atoms with Gasteiger partial charge in [-0.3, -0.25) is 4.79 Å². The van der Waals surface area contributed by atoms with Crippen molar-refractivity contribution in [1.82, 2.24) is 10.0 Å². The lowest BCUT2D eigenvalue weighted by Crippen LogP contribution is -2.43. The molecule has 1 rings (SSSR count). The highest BCUT2D eigenvalue weighted by Crippen LogP contribution is 2.12. The molecule has 0 aliphatic heterocycles. The first kappa shape index (κ1) is 15.1. The number of nitrogens with one attached hydrogen (secondary N) is 2. The number of benzene rings is 1. The van der Waals surface area contributed by atoms with Crippen LogP contribution in [0.15, 0.2) is 29.2 Å². The molecule has 0 bridgehead atoms. The lowest BCUT2D eigenvalue weighted by molar-refractivity contribution is -0.121. The van der Waals surface area contributed by atoms with Crippen LogP contribution in [0.3, 0.4) is 0 Å². The van der Waals surface area contributed by atoms with Crippen LogP contribution >= 0.6 is 0 Å². The second kappa shape index (κ2) is 5.81. The molecule has 0 radical (unpaired) electrons. The lowest BCUT2D eigenvalue weighted by Gasteiger charge is -2.13. The Balaban J connectivity index is 3.04. The highest BCUT2D eigenvalue weighted by Gasteiger charge is 2.22. The third-order valence-corrected chi connectivity index (χ3v) is 3.90. The van der Waals surface area contributed by atoms with Gasteiger partial charge in [0, 0.05) is 7.05 Å². The zero-order chi connectivity index (χ0) is 14.6. The first-order valence-corrected chi connectivity index (χ1v) is 6.83. The smallest absolute Gasteiger partial charge is 0.335 e. The van der Waals surface area contributed by atoms with Crippen LogP contribution in [0.5, 0.6) is 0 Å². The fourth-order valence-corrected chi connectivity index (χ4v) is 2.62. The van der Waals surface area contributed by atoms with Gasteiger partial charge in [0.05, 0.1) is 16.5 Å². The van der Waals surface area contributed by atoms with Gasteiger partial charge in [-0.05, 0) is 25.1 Å². The minimum atomic E-state index is -3.94. The molecule has 1 atom stereocenters. The van der Waals surface area contributed by atoms with Crippen LogP contribution in [0.4, 0.5) is 0 Å². The summed E-state index contributed by atoms with van der Waals surface area (Å²) in [6.07, 6.45) is 0. The summed E-state index contributed by atoms with van der Waals surface area (Å²) in [6.45, 7) is 1.39. The predicted molar refractivity (Wildman–Crippen MR) is 67.3 cm³/mol. The average molecular weight is 286 g/mol. The van der Waals surface area contributed by atoms with E-state index in [1.807, 2.05) is 0 Å². The number of carboxylic acid groups (broad SMARTS) is 1. The van der Waals surface area contributed by atoms with Crippen molar-refractivity contribution in [2.24, 2.45) is 0 Å². The molecule has 104 valence electrons. The summed E-state index contributed by atoms with van der Waals surface area (Å²) < 4.78 is 26.1. The number of amides is 1. The van der Waals surface area contributed by atoms with Crippen molar-refractivity contribution < 1.29 is 23.1 Å². The van der Waals surface area contributed by atoms with Crippen molar-refractivity contribution in [3.8, 4) is 0 Å². The molecule has 8 heteroatoms. The van der Waals surface area contributed by atoms with E-state index >= 15 is 0 Å². The second-order valence-electron chi connectivity index (χ2n) is 3.79. The number of likely N-dealkylation sites (N-methyl/N-ethyl adjacent to an activating group) is 1. The maximum absolute atomic E-state index is 12.0. The molecule has 19 heavy (non-hydrogen) atoms. The van der Waals surface area contributed by atoms with Crippen molar-refractivity contribution in [1.29, 1.82) is 0 Å². The first-order chi connectivity index (χ1) is 8.77. The number of aromatic carboxylic acids is 1. The summed E-state index contributed by atoms with van der Waals surface area (Å²) in [6, 6.07) is 3.93. The Labute approximate surface area is 110 Å².